The SMILES string of the molecule is CC(=O)O.COc1ccc(C2=NN(C(C)=O)[C@H](c3c4ccccc4cc4ccccc34)C2)cc1. The minimum Gasteiger partial charge on any atom is -0.497 e. The van der Waals surface area contributed by atoms with Crippen LogP contribution in [0.15, 0.2) is 84.0 Å². The van der Waals surface area contributed by atoms with Gasteiger partial charge in [0.25, 0.3) is 5.97 Å². The van der Waals surface area contributed by atoms with Crippen LogP contribution in [0.1, 0.15) is 37.4 Å². The molecule has 6 heteroatoms. The predicted molar refractivity (Wildman–Crippen MR) is 134 cm³/mol. The summed E-state index contributed by atoms with van der Waals surface area (Å²) < 4.78 is 5.27. The lowest BCUT2D eigenvalue weighted by Gasteiger charge is -2.24. The van der Waals surface area contributed by atoms with Gasteiger partial charge in [0, 0.05) is 20.3 Å². The minimum absolute atomic E-state index is 0.0551. The second-order valence-corrected chi connectivity index (χ2v) is 8.11. The Balaban J connectivity index is 0.000000636. The molecule has 1 aliphatic rings. The van der Waals surface area contributed by atoms with Gasteiger partial charge in [-0.15, -0.1) is 0 Å². The van der Waals surface area contributed by atoms with Gasteiger partial charge in [0.1, 0.15) is 5.75 Å². The first-order chi connectivity index (χ1) is 16.4. The molecule has 1 atom stereocenters. The van der Waals surface area contributed by atoms with Crippen molar-refractivity contribution in [2.24, 2.45) is 5.10 Å². The van der Waals surface area contributed by atoms with Crippen molar-refractivity contribution >= 4 is 39.1 Å². The maximum atomic E-state index is 12.6. The number of nitrogens with zero attached hydrogens (tertiary/aromatic N) is 2. The number of hydrogen-bond donors (Lipinski definition) is 1. The molecule has 4 aromatic rings. The number of hydrazone groups is 1. The largest absolute Gasteiger partial charge is 0.497 e. The van der Waals surface area contributed by atoms with Crippen molar-refractivity contribution in [3.63, 3.8) is 0 Å². The van der Waals surface area contributed by atoms with Gasteiger partial charge in [-0.2, -0.15) is 5.10 Å². The van der Waals surface area contributed by atoms with E-state index in [9.17, 15) is 4.79 Å². The highest BCUT2D eigenvalue weighted by Crippen LogP contribution is 2.40. The number of hydrogen-bond acceptors (Lipinski definition) is 4. The fraction of sp³-hybridized carbons (Fsp3) is 0.179. The molecule has 0 bridgehead atoms. The van der Waals surface area contributed by atoms with E-state index in [0.717, 1.165) is 29.5 Å². The van der Waals surface area contributed by atoms with E-state index < -0.39 is 5.97 Å². The lowest BCUT2D eigenvalue weighted by molar-refractivity contribution is -0.134. The van der Waals surface area contributed by atoms with Crippen molar-refractivity contribution in [1.82, 2.24) is 5.01 Å². The molecule has 0 radical (unpaired) electrons. The fourth-order valence-corrected chi connectivity index (χ4v) is 4.39. The first kappa shape index (κ1) is 23.0. The van der Waals surface area contributed by atoms with Crippen molar-refractivity contribution in [3.8, 4) is 5.75 Å². The number of carbonyl (C=O) groups is 2. The first-order valence-electron chi connectivity index (χ1n) is 11.0. The van der Waals surface area contributed by atoms with Crippen molar-refractivity contribution in [3.05, 3.63) is 90.0 Å². The number of carboxylic acids is 1. The van der Waals surface area contributed by atoms with Gasteiger partial charge in [0.2, 0.25) is 5.91 Å². The van der Waals surface area contributed by atoms with Gasteiger partial charge in [0.15, 0.2) is 0 Å². The van der Waals surface area contributed by atoms with Crippen LogP contribution in [0.3, 0.4) is 0 Å². The molecule has 0 spiro atoms. The van der Waals surface area contributed by atoms with Gasteiger partial charge in [0.05, 0.1) is 18.9 Å². The third-order valence-corrected chi connectivity index (χ3v) is 5.80. The van der Waals surface area contributed by atoms with Crippen LogP contribution < -0.4 is 4.74 Å². The zero-order valence-electron chi connectivity index (χ0n) is 19.4. The highest BCUT2D eigenvalue weighted by atomic mass is 16.5. The van der Waals surface area contributed by atoms with Crippen molar-refractivity contribution in [2.75, 3.05) is 7.11 Å². The second-order valence-electron chi connectivity index (χ2n) is 8.11. The summed E-state index contributed by atoms with van der Waals surface area (Å²) >= 11 is 0. The fourth-order valence-electron chi connectivity index (χ4n) is 4.39. The molecular weight excluding hydrogens is 428 g/mol. The smallest absolute Gasteiger partial charge is 0.300 e. The van der Waals surface area contributed by atoms with Crippen LogP contribution in [0.2, 0.25) is 0 Å². The van der Waals surface area contributed by atoms with E-state index in [1.165, 1.54) is 21.5 Å². The van der Waals surface area contributed by atoms with E-state index in [4.69, 9.17) is 19.7 Å². The molecular formula is C28H26N2O4. The summed E-state index contributed by atoms with van der Waals surface area (Å²) in [5.74, 6) is -0.0853. The summed E-state index contributed by atoms with van der Waals surface area (Å²) in [4.78, 5) is 21.6. The Hall–Kier alpha value is -4.19. The first-order valence-corrected chi connectivity index (χ1v) is 11.0. The minimum atomic E-state index is -0.833. The molecule has 0 saturated heterocycles. The molecule has 0 aliphatic carbocycles. The molecule has 0 unspecified atom stereocenters. The Labute approximate surface area is 198 Å². The number of benzene rings is 4. The summed E-state index contributed by atoms with van der Waals surface area (Å²) in [6, 6.07) is 26.7. The number of fused-ring (bicyclic) bond motifs is 2. The Morgan fingerprint density at radius 2 is 1.44 bits per heavy atom. The lowest BCUT2D eigenvalue weighted by Crippen LogP contribution is -2.24. The third kappa shape index (κ3) is 4.62. The summed E-state index contributed by atoms with van der Waals surface area (Å²) in [5.41, 5.74) is 3.08. The van der Waals surface area contributed by atoms with Gasteiger partial charge >= 0.3 is 0 Å². The molecule has 0 aromatic heterocycles. The average Bonchev–Trinajstić information content (AvgIpc) is 3.27. The summed E-state index contributed by atoms with van der Waals surface area (Å²) in [5, 5.41) is 18.5. The van der Waals surface area contributed by atoms with E-state index in [1.54, 1.807) is 19.0 Å². The number of ether oxygens (including phenoxy) is 1. The monoisotopic (exact) mass is 454 g/mol. The number of rotatable bonds is 3. The maximum absolute atomic E-state index is 12.6. The molecule has 5 rings (SSSR count). The topological polar surface area (TPSA) is 79.2 Å². The quantitative estimate of drug-likeness (QED) is 0.397. The van der Waals surface area contributed by atoms with Gasteiger partial charge in [-0.25, -0.2) is 5.01 Å². The average molecular weight is 455 g/mol. The predicted octanol–water partition coefficient (Wildman–Crippen LogP) is 5.79. The number of carboxylic acid groups (broad SMARTS) is 1. The zero-order valence-corrected chi connectivity index (χ0v) is 19.4. The Morgan fingerprint density at radius 1 is 0.912 bits per heavy atom. The van der Waals surface area contributed by atoms with E-state index in [2.05, 4.69) is 54.6 Å². The molecule has 1 heterocycles. The van der Waals surface area contributed by atoms with Crippen molar-refractivity contribution < 1.29 is 19.4 Å². The highest BCUT2D eigenvalue weighted by Gasteiger charge is 2.33. The van der Waals surface area contributed by atoms with Gasteiger partial charge in [-0.3, -0.25) is 9.59 Å². The van der Waals surface area contributed by atoms with Crippen LogP contribution in [0, 0.1) is 0 Å². The lowest BCUT2D eigenvalue weighted by atomic mass is 9.89. The van der Waals surface area contributed by atoms with Gasteiger partial charge in [-0.05, 0) is 63.0 Å². The number of aliphatic carboxylic acids is 1. The molecule has 4 aromatic carbocycles. The van der Waals surface area contributed by atoms with Crippen LogP contribution in [-0.4, -0.2) is 34.8 Å². The molecule has 1 aliphatic heterocycles. The van der Waals surface area contributed by atoms with Gasteiger partial charge < -0.3 is 9.84 Å². The van der Waals surface area contributed by atoms with Crippen molar-refractivity contribution in [1.29, 1.82) is 0 Å². The standard InChI is InChI=1S/C26H22N2O2.C2H4O2/c1-17(29)28-25(16-24(27-28)18-11-13-21(30-2)14-12-18)26-22-9-5-3-7-19(22)15-20-8-4-6-10-23(20)26;1-2(3)4/h3-15,25H,16H2,1-2H3;1H3,(H,3,4)/t25-;/m0./s1. The maximum Gasteiger partial charge on any atom is 0.300 e. The Morgan fingerprint density at radius 3 is 1.94 bits per heavy atom. The molecule has 172 valence electrons. The molecule has 6 nitrogen and oxygen atoms in total. The van der Waals surface area contributed by atoms with Gasteiger partial charge in [-0.1, -0.05) is 48.5 Å². The number of methoxy groups -OCH3 is 1. The Bertz CT molecular complexity index is 1330. The third-order valence-electron chi connectivity index (χ3n) is 5.80. The summed E-state index contributed by atoms with van der Waals surface area (Å²) in [6.45, 7) is 2.67. The Kier molecular flexibility index (Phi) is 6.59. The highest BCUT2D eigenvalue weighted by molar-refractivity contribution is 6.07. The van der Waals surface area contributed by atoms with Crippen LogP contribution in [0.4, 0.5) is 0 Å². The zero-order chi connectivity index (χ0) is 24.2. The van der Waals surface area contributed by atoms with E-state index >= 15 is 0 Å². The van der Waals surface area contributed by atoms with E-state index in [1.807, 2.05) is 24.3 Å². The molecule has 34 heavy (non-hydrogen) atoms. The summed E-state index contributed by atoms with van der Waals surface area (Å²) in [7, 11) is 1.65. The van der Waals surface area contributed by atoms with Crippen LogP contribution in [-0.2, 0) is 9.59 Å². The second kappa shape index (κ2) is 9.75. The normalized spacial score (nSPS) is 15.0. The van der Waals surface area contributed by atoms with Crippen LogP contribution in [0.25, 0.3) is 21.5 Å². The van der Waals surface area contributed by atoms with Crippen LogP contribution >= 0.6 is 0 Å². The molecule has 1 N–H and O–H groups in total. The van der Waals surface area contributed by atoms with E-state index in [0.29, 0.717) is 6.42 Å². The molecule has 1 amide bonds. The van der Waals surface area contributed by atoms with Crippen LogP contribution in [0.5, 0.6) is 5.75 Å². The number of carbonyl (C=O) groups excluding carboxylic acids is 1. The summed E-state index contributed by atoms with van der Waals surface area (Å²) in [6.07, 6.45) is 0.671. The van der Waals surface area contributed by atoms with E-state index in [-0.39, 0.29) is 11.9 Å². The number of amides is 1. The van der Waals surface area contributed by atoms with Crippen molar-refractivity contribution in [2.45, 2.75) is 26.3 Å². The molecule has 0 fully saturated rings. The molecule has 0 saturated carbocycles.